The van der Waals surface area contributed by atoms with Crippen molar-refractivity contribution in [3.63, 3.8) is 0 Å². The monoisotopic (exact) mass is 309 g/mol. The van der Waals surface area contributed by atoms with Crippen LogP contribution >= 0.6 is 0 Å². The van der Waals surface area contributed by atoms with Gasteiger partial charge in [-0.15, -0.1) is 0 Å². The van der Waals surface area contributed by atoms with Crippen LogP contribution in [0.3, 0.4) is 0 Å². The third-order valence-electron chi connectivity index (χ3n) is 3.50. The minimum Gasteiger partial charge on any atom is -0.493 e. The fourth-order valence-corrected chi connectivity index (χ4v) is 2.56. The van der Waals surface area contributed by atoms with Crippen molar-refractivity contribution in [3.8, 4) is 11.5 Å². The Morgan fingerprint density at radius 3 is 2.18 bits per heavy atom. The molecule has 2 unspecified atom stereocenters. The van der Waals surface area contributed by atoms with Gasteiger partial charge in [-0.1, -0.05) is 13.0 Å². The van der Waals surface area contributed by atoms with Gasteiger partial charge < -0.3 is 20.3 Å². The van der Waals surface area contributed by atoms with E-state index < -0.39 is 11.5 Å². The number of hydrogen-bond acceptors (Lipinski definition) is 4. The molecule has 0 radical (unpaired) electrons. The first-order valence-electron chi connectivity index (χ1n) is 7.71. The molecular formula is C17H27NO4. The lowest BCUT2D eigenvalue weighted by molar-refractivity contribution is -0.143. The predicted molar refractivity (Wildman–Crippen MR) is 86.5 cm³/mol. The molecule has 5 heteroatoms. The third-order valence-corrected chi connectivity index (χ3v) is 3.50. The van der Waals surface area contributed by atoms with Gasteiger partial charge in [-0.3, -0.25) is 4.79 Å². The average molecular weight is 309 g/mol. The standard InChI is InChI=1S/C17H27NO4/c1-5-21-14-8-7-9-15(22-6-2)13(14)10-12(3)11-17(4,18)16(19)20/h7-9,12H,5-6,10-11,18H2,1-4H3,(H,19,20). The van der Waals surface area contributed by atoms with Crippen molar-refractivity contribution >= 4 is 5.97 Å². The molecule has 0 aliphatic carbocycles. The molecule has 0 saturated heterocycles. The first-order valence-corrected chi connectivity index (χ1v) is 7.71. The molecule has 0 aliphatic rings. The summed E-state index contributed by atoms with van der Waals surface area (Å²) in [6.07, 6.45) is 1.04. The summed E-state index contributed by atoms with van der Waals surface area (Å²) in [5.74, 6) is 0.679. The average Bonchev–Trinajstić information content (AvgIpc) is 2.42. The number of aliphatic carboxylic acids is 1. The SMILES string of the molecule is CCOc1cccc(OCC)c1CC(C)CC(C)(N)C(=O)O. The summed E-state index contributed by atoms with van der Waals surface area (Å²) in [6.45, 7) is 8.54. The van der Waals surface area contributed by atoms with Gasteiger partial charge in [-0.25, -0.2) is 0 Å². The number of ether oxygens (including phenoxy) is 2. The first-order chi connectivity index (χ1) is 10.3. The lowest BCUT2D eigenvalue weighted by Gasteiger charge is -2.24. The zero-order chi connectivity index (χ0) is 16.8. The van der Waals surface area contributed by atoms with Crippen molar-refractivity contribution in [1.29, 1.82) is 0 Å². The van der Waals surface area contributed by atoms with E-state index in [4.69, 9.17) is 20.3 Å². The van der Waals surface area contributed by atoms with E-state index in [1.165, 1.54) is 0 Å². The van der Waals surface area contributed by atoms with E-state index in [-0.39, 0.29) is 5.92 Å². The second kappa shape index (κ2) is 8.03. The second-order valence-corrected chi connectivity index (χ2v) is 5.83. The number of hydrogen-bond donors (Lipinski definition) is 2. The van der Waals surface area contributed by atoms with E-state index in [9.17, 15) is 4.79 Å². The molecule has 3 N–H and O–H groups in total. The van der Waals surface area contributed by atoms with Crippen LogP contribution < -0.4 is 15.2 Å². The normalized spacial score (nSPS) is 15.0. The molecule has 22 heavy (non-hydrogen) atoms. The fraction of sp³-hybridized carbons (Fsp3) is 0.588. The van der Waals surface area contributed by atoms with Crippen molar-refractivity contribution in [3.05, 3.63) is 23.8 Å². The Morgan fingerprint density at radius 1 is 1.27 bits per heavy atom. The number of nitrogens with two attached hydrogens (primary N) is 1. The summed E-state index contributed by atoms with van der Waals surface area (Å²) < 4.78 is 11.3. The van der Waals surface area contributed by atoms with E-state index in [2.05, 4.69) is 0 Å². The zero-order valence-corrected chi connectivity index (χ0v) is 13.9. The maximum Gasteiger partial charge on any atom is 0.323 e. The van der Waals surface area contributed by atoms with Gasteiger partial charge in [0.25, 0.3) is 0 Å². The molecule has 1 aromatic carbocycles. The van der Waals surface area contributed by atoms with Gasteiger partial charge in [0, 0.05) is 5.56 Å². The second-order valence-electron chi connectivity index (χ2n) is 5.83. The molecule has 0 saturated carbocycles. The number of carboxylic acids is 1. The van der Waals surface area contributed by atoms with Crippen LogP contribution in [-0.4, -0.2) is 29.8 Å². The number of carboxylic acid groups (broad SMARTS) is 1. The van der Waals surface area contributed by atoms with Gasteiger partial charge in [0.05, 0.1) is 13.2 Å². The topological polar surface area (TPSA) is 81.8 Å². The van der Waals surface area contributed by atoms with Crippen molar-refractivity contribution in [2.24, 2.45) is 11.7 Å². The zero-order valence-electron chi connectivity index (χ0n) is 13.9. The van der Waals surface area contributed by atoms with Gasteiger partial charge >= 0.3 is 5.97 Å². The Balaban J connectivity index is 2.96. The van der Waals surface area contributed by atoms with Crippen LogP contribution in [0.15, 0.2) is 18.2 Å². The van der Waals surface area contributed by atoms with Crippen molar-refractivity contribution in [2.75, 3.05) is 13.2 Å². The summed E-state index contributed by atoms with van der Waals surface area (Å²) in [6, 6.07) is 5.72. The minimum absolute atomic E-state index is 0.0897. The highest BCUT2D eigenvalue weighted by molar-refractivity contribution is 5.77. The maximum atomic E-state index is 11.2. The van der Waals surface area contributed by atoms with E-state index in [1.807, 2.05) is 39.0 Å². The molecule has 0 aliphatic heterocycles. The highest BCUT2D eigenvalue weighted by atomic mass is 16.5. The molecule has 124 valence electrons. The van der Waals surface area contributed by atoms with E-state index >= 15 is 0 Å². The third kappa shape index (κ3) is 4.91. The van der Waals surface area contributed by atoms with Gasteiger partial charge in [-0.05, 0) is 51.7 Å². The Labute approximate surface area is 132 Å². The lowest BCUT2D eigenvalue weighted by atomic mass is 9.87. The van der Waals surface area contributed by atoms with Crippen LogP contribution in [0, 0.1) is 5.92 Å². The maximum absolute atomic E-state index is 11.2. The minimum atomic E-state index is -1.23. The quantitative estimate of drug-likeness (QED) is 0.733. The lowest BCUT2D eigenvalue weighted by Crippen LogP contribution is -2.46. The summed E-state index contributed by atoms with van der Waals surface area (Å²) in [5, 5.41) is 9.16. The molecule has 0 bridgehead atoms. The largest absolute Gasteiger partial charge is 0.493 e. The molecule has 2 atom stereocenters. The van der Waals surface area contributed by atoms with E-state index in [0.29, 0.717) is 26.1 Å². The van der Waals surface area contributed by atoms with Crippen molar-refractivity contribution < 1.29 is 19.4 Å². The summed E-state index contributed by atoms with van der Waals surface area (Å²) >= 11 is 0. The molecular weight excluding hydrogens is 282 g/mol. The van der Waals surface area contributed by atoms with Gasteiger partial charge in [0.1, 0.15) is 17.0 Å². The van der Waals surface area contributed by atoms with Crippen molar-refractivity contribution in [1.82, 2.24) is 0 Å². The van der Waals surface area contributed by atoms with E-state index in [0.717, 1.165) is 17.1 Å². The van der Waals surface area contributed by atoms with Crippen LogP contribution in [-0.2, 0) is 11.2 Å². The number of benzene rings is 1. The van der Waals surface area contributed by atoms with Gasteiger partial charge in [-0.2, -0.15) is 0 Å². The molecule has 0 amide bonds. The molecule has 0 fully saturated rings. The summed E-state index contributed by atoms with van der Waals surface area (Å²) in [4.78, 5) is 11.2. The molecule has 0 spiro atoms. The fourth-order valence-electron chi connectivity index (χ4n) is 2.56. The molecule has 1 aromatic rings. The highest BCUT2D eigenvalue weighted by Gasteiger charge is 2.30. The summed E-state index contributed by atoms with van der Waals surface area (Å²) in [7, 11) is 0. The van der Waals surface area contributed by atoms with Gasteiger partial charge in [0.15, 0.2) is 0 Å². The van der Waals surface area contributed by atoms with Crippen LogP contribution in [0.1, 0.15) is 39.7 Å². The molecule has 5 nitrogen and oxygen atoms in total. The molecule has 1 rings (SSSR count). The summed E-state index contributed by atoms with van der Waals surface area (Å²) in [5.41, 5.74) is 5.59. The number of carbonyl (C=O) groups is 1. The van der Waals surface area contributed by atoms with E-state index in [1.54, 1.807) is 6.92 Å². The highest BCUT2D eigenvalue weighted by Crippen LogP contribution is 2.32. The smallest absolute Gasteiger partial charge is 0.323 e. The first kappa shape index (κ1) is 18.3. The Hall–Kier alpha value is -1.75. The molecule has 0 aromatic heterocycles. The predicted octanol–water partition coefficient (Wildman–Crippen LogP) is 2.85. The van der Waals surface area contributed by atoms with Crippen molar-refractivity contribution in [2.45, 2.75) is 46.1 Å². The van der Waals surface area contributed by atoms with Crippen LogP contribution in [0.4, 0.5) is 0 Å². The Morgan fingerprint density at radius 2 is 1.77 bits per heavy atom. The van der Waals surface area contributed by atoms with Crippen LogP contribution in [0.25, 0.3) is 0 Å². The van der Waals surface area contributed by atoms with Crippen LogP contribution in [0.2, 0.25) is 0 Å². The van der Waals surface area contributed by atoms with Crippen LogP contribution in [0.5, 0.6) is 11.5 Å². The molecule has 0 heterocycles. The number of rotatable bonds is 9. The van der Waals surface area contributed by atoms with Gasteiger partial charge in [0.2, 0.25) is 0 Å². The Bertz CT molecular complexity index is 475. The Kier molecular flexibility index (Phi) is 6.68.